The Morgan fingerprint density at radius 2 is 2.21 bits per heavy atom. The standard InChI is InChI=1S/C14H16ClNO2S/c1-9-10(2)19-14(16-9)7-12(17)8-18-13-5-3-4-11(15)6-13/h3-6,12,17H,7-8H2,1-2H3. The number of aliphatic hydroxyl groups excluding tert-OH is 1. The predicted molar refractivity (Wildman–Crippen MR) is 78.2 cm³/mol. The first-order valence-electron chi connectivity index (χ1n) is 6.04. The molecule has 0 spiro atoms. The third-order valence-electron chi connectivity index (χ3n) is 2.72. The van der Waals surface area contributed by atoms with Gasteiger partial charge in [-0.2, -0.15) is 0 Å². The average Bonchev–Trinajstić information content (AvgIpc) is 2.66. The fourth-order valence-corrected chi connectivity index (χ4v) is 2.82. The van der Waals surface area contributed by atoms with Crippen LogP contribution in [-0.2, 0) is 6.42 Å². The first-order valence-corrected chi connectivity index (χ1v) is 7.23. The largest absolute Gasteiger partial charge is 0.491 e. The van der Waals surface area contributed by atoms with Crippen molar-refractivity contribution in [3.8, 4) is 5.75 Å². The molecule has 1 atom stereocenters. The summed E-state index contributed by atoms with van der Waals surface area (Å²) in [5.41, 5.74) is 1.03. The van der Waals surface area contributed by atoms with Crippen molar-refractivity contribution < 1.29 is 9.84 Å². The number of benzene rings is 1. The molecule has 0 saturated heterocycles. The number of ether oxygens (including phenoxy) is 1. The molecule has 0 aliphatic heterocycles. The SMILES string of the molecule is Cc1nc(CC(O)COc2cccc(Cl)c2)sc1C. The molecule has 0 bridgehead atoms. The molecule has 1 heterocycles. The van der Waals surface area contributed by atoms with E-state index in [9.17, 15) is 5.11 Å². The molecule has 0 amide bonds. The van der Waals surface area contributed by atoms with Gasteiger partial charge in [0, 0.05) is 16.3 Å². The third kappa shape index (κ3) is 4.20. The molecule has 3 nitrogen and oxygen atoms in total. The minimum Gasteiger partial charge on any atom is -0.491 e. The number of aryl methyl sites for hydroxylation is 2. The number of thiazole rings is 1. The molecule has 0 aliphatic carbocycles. The zero-order valence-electron chi connectivity index (χ0n) is 10.9. The van der Waals surface area contributed by atoms with Crippen LogP contribution in [0, 0.1) is 13.8 Å². The number of hydrogen-bond acceptors (Lipinski definition) is 4. The zero-order chi connectivity index (χ0) is 13.8. The van der Waals surface area contributed by atoms with Crippen LogP contribution >= 0.6 is 22.9 Å². The minimum atomic E-state index is -0.566. The Morgan fingerprint density at radius 3 is 2.84 bits per heavy atom. The lowest BCUT2D eigenvalue weighted by Crippen LogP contribution is -2.20. The topological polar surface area (TPSA) is 42.4 Å². The van der Waals surface area contributed by atoms with Gasteiger partial charge >= 0.3 is 0 Å². The number of aliphatic hydroxyl groups is 1. The van der Waals surface area contributed by atoms with Crippen LogP contribution in [0.15, 0.2) is 24.3 Å². The Hall–Kier alpha value is -1.10. The van der Waals surface area contributed by atoms with Gasteiger partial charge in [0.1, 0.15) is 12.4 Å². The number of aromatic nitrogens is 1. The van der Waals surface area contributed by atoms with Gasteiger partial charge in [0.05, 0.1) is 16.8 Å². The number of halogens is 1. The van der Waals surface area contributed by atoms with E-state index in [0.717, 1.165) is 10.7 Å². The highest BCUT2D eigenvalue weighted by atomic mass is 35.5. The fourth-order valence-electron chi connectivity index (χ4n) is 1.64. The van der Waals surface area contributed by atoms with Crippen LogP contribution in [0.2, 0.25) is 5.02 Å². The summed E-state index contributed by atoms with van der Waals surface area (Å²) < 4.78 is 5.50. The second-order valence-electron chi connectivity index (χ2n) is 4.38. The Balaban J connectivity index is 1.86. The smallest absolute Gasteiger partial charge is 0.120 e. The van der Waals surface area contributed by atoms with Gasteiger partial charge in [-0.3, -0.25) is 0 Å². The van der Waals surface area contributed by atoms with Crippen molar-refractivity contribution in [2.24, 2.45) is 0 Å². The monoisotopic (exact) mass is 297 g/mol. The lowest BCUT2D eigenvalue weighted by atomic mass is 10.3. The lowest BCUT2D eigenvalue weighted by molar-refractivity contribution is 0.107. The molecule has 0 saturated carbocycles. The second kappa shape index (κ2) is 6.37. The van der Waals surface area contributed by atoms with Gasteiger partial charge in [0.2, 0.25) is 0 Å². The molecule has 19 heavy (non-hydrogen) atoms. The van der Waals surface area contributed by atoms with Crippen molar-refractivity contribution >= 4 is 22.9 Å². The molecule has 0 radical (unpaired) electrons. The summed E-state index contributed by atoms with van der Waals surface area (Å²) >= 11 is 7.48. The van der Waals surface area contributed by atoms with E-state index in [-0.39, 0.29) is 6.61 Å². The van der Waals surface area contributed by atoms with E-state index < -0.39 is 6.10 Å². The summed E-state index contributed by atoms with van der Waals surface area (Å²) in [5, 5.41) is 11.5. The molecular formula is C14H16ClNO2S. The van der Waals surface area contributed by atoms with Gasteiger partial charge in [-0.15, -0.1) is 11.3 Å². The van der Waals surface area contributed by atoms with Crippen molar-refractivity contribution in [3.63, 3.8) is 0 Å². The molecule has 5 heteroatoms. The summed E-state index contributed by atoms with van der Waals surface area (Å²) in [4.78, 5) is 5.59. The van der Waals surface area contributed by atoms with Crippen molar-refractivity contribution in [2.45, 2.75) is 26.4 Å². The normalized spacial score (nSPS) is 12.4. The van der Waals surface area contributed by atoms with E-state index in [1.165, 1.54) is 4.88 Å². The van der Waals surface area contributed by atoms with Crippen LogP contribution in [-0.4, -0.2) is 22.8 Å². The molecule has 1 aromatic carbocycles. The summed E-state index contributed by atoms with van der Waals surface area (Å²) in [7, 11) is 0. The van der Waals surface area contributed by atoms with Gasteiger partial charge in [0.25, 0.3) is 0 Å². The Bertz CT molecular complexity index is 537. The summed E-state index contributed by atoms with van der Waals surface area (Å²) in [6, 6.07) is 7.14. The summed E-state index contributed by atoms with van der Waals surface area (Å²) in [6.07, 6.45) is -0.0520. The van der Waals surface area contributed by atoms with Crippen molar-refractivity contribution in [2.75, 3.05) is 6.61 Å². The van der Waals surface area contributed by atoms with Crippen LogP contribution in [0.1, 0.15) is 15.6 Å². The van der Waals surface area contributed by atoms with Crippen molar-refractivity contribution in [1.82, 2.24) is 4.98 Å². The average molecular weight is 298 g/mol. The maximum Gasteiger partial charge on any atom is 0.120 e. The highest BCUT2D eigenvalue weighted by Crippen LogP contribution is 2.19. The molecule has 2 aromatic rings. The van der Waals surface area contributed by atoms with Crippen LogP contribution in [0.3, 0.4) is 0 Å². The second-order valence-corrected chi connectivity index (χ2v) is 6.10. The summed E-state index contributed by atoms with van der Waals surface area (Å²) in [6.45, 7) is 4.24. The fraction of sp³-hybridized carbons (Fsp3) is 0.357. The molecule has 1 unspecified atom stereocenters. The van der Waals surface area contributed by atoms with Crippen molar-refractivity contribution in [3.05, 3.63) is 44.9 Å². The van der Waals surface area contributed by atoms with Crippen LogP contribution in [0.4, 0.5) is 0 Å². The Kier molecular flexibility index (Phi) is 4.80. The molecule has 102 valence electrons. The number of nitrogens with zero attached hydrogens (tertiary/aromatic N) is 1. The maximum atomic E-state index is 9.94. The van der Waals surface area contributed by atoms with Crippen LogP contribution in [0.25, 0.3) is 0 Å². The molecule has 0 fully saturated rings. The third-order valence-corrected chi connectivity index (χ3v) is 4.05. The van der Waals surface area contributed by atoms with E-state index in [4.69, 9.17) is 16.3 Å². The van der Waals surface area contributed by atoms with Crippen molar-refractivity contribution in [1.29, 1.82) is 0 Å². The molecule has 2 rings (SSSR count). The van der Waals surface area contributed by atoms with Gasteiger partial charge in [-0.1, -0.05) is 17.7 Å². The van der Waals surface area contributed by atoms with E-state index in [0.29, 0.717) is 17.2 Å². The Labute approximate surface area is 121 Å². The van der Waals surface area contributed by atoms with Crippen LogP contribution in [0.5, 0.6) is 5.75 Å². The quantitative estimate of drug-likeness (QED) is 0.920. The summed E-state index contributed by atoms with van der Waals surface area (Å²) in [5.74, 6) is 0.665. The van der Waals surface area contributed by atoms with E-state index in [1.54, 1.807) is 23.5 Å². The molecule has 1 aromatic heterocycles. The molecule has 1 N–H and O–H groups in total. The van der Waals surface area contributed by atoms with Gasteiger partial charge in [-0.25, -0.2) is 4.98 Å². The maximum absolute atomic E-state index is 9.94. The van der Waals surface area contributed by atoms with Gasteiger partial charge in [-0.05, 0) is 32.0 Å². The van der Waals surface area contributed by atoms with Crippen LogP contribution < -0.4 is 4.74 Å². The minimum absolute atomic E-state index is 0.234. The Morgan fingerprint density at radius 1 is 1.42 bits per heavy atom. The van der Waals surface area contributed by atoms with E-state index >= 15 is 0 Å². The first kappa shape index (κ1) is 14.3. The number of hydrogen-bond donors (Lipinski definition) is 1. The van der Waals surface area contributed by atoms with E-state index in [1.807, 2.05) is 26.0 Å². The predicted octanol–water partition coefficient (Wildman–Crippen LogP) is 3.40. The molecule has 0 aliphatic rings. The highest BCUT2D eigenvalue weighted by Gasteiger charge is 2.11. The van der Waals surface area contributed by atoms with Gasteiger partial charge < -0.3 is 9.84 Å². The van der Waals surface area contributed by atoms with E-state index in [2.05, 4.69) is 4.98 Å². The highest BCUT2D eigenvalue weighted by molar-refractivity contribution is 7.11. The first-order chi connectivity index (χ1) is 9.04. The van der Waals surface area contributed by atoms with Gasteiger partial charge in [0.15, 0.2) is 0 Å². The zero-order valence-corrected chi connectivity index (χ0v) is 12.5. The lowest BCUT2D eigenvalue weighted by Gasteiger charge is -2.11. The number of rotatable bonds is 5. The molecular weight excluding hydrogens is 282 g/mol.